The Kier molecular flexibility index (Phi) is 4.69. The van der Waals surface area contributed by atoms with Crippen molar-refractivity contribution in [1.29, 1.82) is 5.26 Å². The summed E-state index contributed by atoms with van der Waals surface area (Å²) in [7, 11) is -3.09. The maximum absolute atomic E-state index is 11.5. The molecule has 0 aromatic carbocycles. The van der Waals surface area contributed by atoms with Crippen molar-refractivity contribution in [2.75, 3.05) is 45.5 Å². The van der Waals surface area contributed by atoms with E-state index in [1.807, 2.05) is 6.92 Å². The minimum Gasteiger partial charge on any atom is -0.298 e. The zero-order chi connectivity index (χ0) is 14.8. The first kappa shape index (κ1) is 15.7. The molecule has 2 rings (SSSR count). The van der Waals surface area contributed by atoms with Crippen molar-refractivity contribution < 1.29 is 8.42 Å². The summed E-state index contributed by atoms with van der Waals surface area (Å²) in [5.74, 6) is 0.445. The van der Waals surface area contributed by atoms with Gasteiger partial charge in [-0.3, -0.25) is 10.2 Å². The molecule has 1 atom stereocenters. The third-order valence-electron chi connectivity index (χ3n) is 4.24. The highest BCUT2D eigenvalue weighted by Crippen LogP contribution is 2.40. The summed E-state index contributed by atoms with van der Waals surface area (Å²) in [6.07, 6.45) is 3.48. The number of sulfonamides is 1. The van der Waals surface area contributed by atoms with E-state index >= 15 is 0 Å². The average Bonchev–Trinajstić information content (AvgIpc) is 3.22. The van der Waals surface area contributed by atoms with Gasteiger partial charge in [-0.2, -0.15) is 9.57 Å². The number of piperazine rings is 1. The van der Waals surface area contributed by atoms with Gasteiger partial charge in [-0.1, -0.05) is 6.92 Å². The van der Waals surface area contributed by atoms with Crippen LogP contribution in [-0.2, 0) is 10.0 Å². The van der Waals surface area contributed by atoms with Crippen LogP contribution in [0.5, 0.6) is 0 Å². The van der Waals surface area contributed by atoms with Crippen molar-refractivity contribution >= 4 is 10.0 Å². The number of hydrogen-bond acceptors (Lipinski definition) is 5. The van der Waals surface area contributed by atoms with Gasteiger partial charge in [0.2, 0.25) is 10.0 Å². The molecule has 1 saturated heterocycles. The summed E-state index contributed by atoms with van der Waals surface area (Å²) in [4.78, 5) is 2.21. The second-order valence-corrected chi connectivity index (χ2v) is 7.81. The number of rotatable bonds is 6. The molecule has 0 radical (unpaired) electrons. The molecular weight excluding hydrogens is 276 g/mol. The topological polar surface area (TPSA) is 76.4 Å². The molecule has 20 heavy (non-hydrogen) atoms. The van der Waals surface area contributed by atoms with Crippen LogP contribution in [0.15, 0.2) is 0 Å². The molecule has 1 aliphatic heterocycles. The molecule has 0 spiro atoms. The number of hydrogen-bond donors (Lipinski definition) is 1. The maximum atomic E-state index is 11.5. The Morgan fingerprint density at radius 3 is 2.30 bits per heavy atom. The van der Waals surface area contributed by atoms with E-state index in [9.17, 15) is 13.7 Å². The van der Waals surface area contributed by atoms with Crippen LogP contribution >= 0.6 is 0 Å². The molecule has 7 heteroatoms. The molecule has 2 aliphatic rings. The van der Waals surface area contributed by atoms with Crippen molar-refractivity contribution in [3.05, 3.63) is 0 Å². The van der Waals surface area contributed by atoms with Crippen LogP contribution in [0.2, 0.25) is 0 Å². The first-order chi connectivity index (χ1) is 9.41. The van der Waals surface area contributed by atoms with Crippen LogP contribution < -0.4 is 5.32 Å². The highest BCUT2D eigenvalue weighted by Gasteiger charge is 2.46. The lowest BCUT2D eigenvalue weighted by molar-refractivity contribution is 0.147. The largest absolute Gasteiger partial charge is 0.298 e. The average molecular weight is 300 g/mol. The number of nitriles is 1. The number of likely N-dealkylation sites (N-methyl/N-ethyl adjacent to an activating group) is 1. The van der Waals surface area contributed by atoms with Gasteiger partial charge in [-0.25, -0.2) is 8.42 Å². The van der Waals surface area contributed by atoms with Gasteiger partial charge in [0.25, 0.3) is 0 Å². The third-order valence-corrected chi connectivity index (χ3v) is 5.54. The van der Waals surface area contributed by atoms with Gasteiger partial charge in [0.1, 0.15) is 5.54 Å². The quantitative estimate of drug-likeness (QED) is 0.738. The van der Waals surface area contributed by atoms with Crippen molar-refractivity contribution in [2.45, 2.75) is 25.3 Å². The second kappa shape index (κ2) is 5.98. The number of nitrogens with zero attached hydrogens (tertiary/aromatic N) is 3. The van der Waals surface area contributed by atoms with Gasteiger partial charge in [0.05, 0.1) is 12.3 Å². The molecule has 0 aromatic rings. The molecular formula is C13H24N4O2S. The van der Waals surface area contributed by atoms with Crippen molar-refractivity contribution in [1.82, 2.24) is 14.5 Å². The monoisotopic (exact) mass is 300 g/mol. The highest BCUT2D eigenvalue weighted by molar-refractivity contribution is 7.88. The van der Waals surface area contributed by atoms with Gasteiger partial charge < -0.3 is 0 Å². The van der Waals surface area contributed by atoms with E-state index < -0.39 is 15.6 Å². The predicted molar refractivity (Wildman–Crippen MR) is 77.6 cm³/mol. The summed E-state index contributed by atoms with van der Waals surface area (Å²) in [6.45, 7) is 5.96. The van der Waals surface area contributed by atoms with Crippen molar-refractivity contribution in [3.8, 4) is 6.07 Å². The Balaban J connectivity index is 1.95. The lowest BCUT2D eigenvalue weighted by atomic mass is 9.93. The normalized spacial score (nSPS) is 25.1. The fourth-order valence-corrected chi connectivity index (χ4v) is 3.79. The van der Waals surface area contributed by atoms with E-state index in [-0.39, 0.29) is 0 Å². The number of nitrogens with one attached hydrogen (secondary N) is 1. The van der Waals surface area contributed by atoms with E-state index in [1.54, 1.807) is 0 Å². The zero-order valence-electron chi connectivity index (χ0n) is 12.3. The minimum absolute atomic E-state index is 0.445. The van der Waals surface area contributed by atoms with Gasteiger partial charge in [0.15, 0.2) is 0 Å². The highest BCUT2D eigenvalue weighted by atomic mass is 32.2. The van der Waals surface area contributed by atoms with Crippen LogP contribution in [0, 0.1) is 17.2 Å². The van der Waals surface area contributed by atoms with Crippen LogP contribution in [0.1, 0.15) is 19.8 Å². The summed E-state index contributed by atoms with van der Waals surface area (Å²) >= 11 is 0. The molecule has 6 nitrogen and oxygen atoms in total. The Labute approximate surface area is 121 Å². The first-order valence-electron chi connectivity index (χ1n) is 7.25. The molecule has 0 aromatic heterocycles. The minimum atomic E-state index is -3.09. The van der Waals surface area contributed by atoms with Crippen molar-refractivity contribution in [3.63, 3.8) is 0 Å². The predicted octanol–water partition coefficient (Wildman–Crippen LogP) is -0.155. The summed E-state index contributed by atoms with van der Waals surface area (Å²) < 4.78 is 24.5. The zero-order valence-corrected chi connectivity index (χ0v) is 13.1. The first-order valence-corrected chi connectivity index (χ1v) is 9.10. The van der Waals surface area contributed by atoms with Gasteiger partial charge in [-0.15, -0.1) is 0 Å². The second-order valence-electron chi connectivity index (χ2n) is 5.83. The maximum Gasteiger partial charge on any atom is 0.211 e. The Hall–Kier alpha value is -0.680. The Morgan fingerprint density at radius 2 is 1.90 bits per heavy atom. The van der Waals surface area contributed by atoms with E-state index in [0.717, 1.165) is 19.4 Å². The summed E-state index contributed by atoms with van der Waals surface area (Å²) in [6, 6.07) is 2.48. The van der Waals surface area contributed by atoms with Gasteiger partial charge in [-0.05, 0) is 25.3 Å². The van der Waals surface area contributed by atoms with E-state index in [0.29, 0.717) is 38.6 Å². The molecule has 2 fully saturated rings. The molecule has 114 valence electrons. The fourth-order valence-electron chi connectivity index (χ4n) is 2.96. The molecule has 0 bridgehead atoms. The molecule has 1 saturated carbocycles. The van der Waals surface area contributed by atoms with E-state index in [4.69, 9.17) is 0 Å². The smallest absolute Gasteiger partial charge is 0.211 e. The van der Waals surface area contributed by atoms with E-state index in [1.165, 1.54) is 10.6 Å². The third kappa shape index (κ3) is 3.50. The van der Waals surface area contributed by atoms with Crippen LogP contribution in [0.3, 0.4) is 0 Å². The summed E-state index contributed by atoms with van der Waals surface area (Å²) in [5, 5.41) is 12.9. The summed E-state index contributed by atoms with van der Waals surface area (Å²) in [5.41, 5.74) is -0.456. The van der Waals surface area contributed by atoms with Crippen molar-refractivity contribution in [2.24, 2.45) is 5.92 Å². The van der Waals surface area contributed by atoms with Crippen LogP contribution in [-0.4, -0.2) is 68.7 Å². The Bertz CT molecular complexity index is 475. The lowest BCUT2D eigenvalue weighted by Gasteiger charge is -2.38. The SMILES string of the molecule is CCNC(C#N)(CN1CCN(S(C)(=O)=O)CC1)C1CC1. The molecule has 1 heterocycles. The van der Waals surface area contributed by atoms with Gasteiger partial charge >= 0.3 is 0 Å². The molecule has 1 unspecified atom stereocenters. The Morgan fingerprint density at radius 1 is 1.30 bits per heavy atom. The molecule has 1 aliphatic carbocycles. The van der Waals surface area contributed by atoms with Crippen LogP contribution in [0.4, 0.5) is 0 Å². The van der Waals surface area contributed by atoms with Crippen LogP contribution in [0.25, 0.3) is 0 Å². The molecule has 0 amide bonds. The van der Waals surface area contributed by atoms with E-state index in [2.05, 4.69) is 16.3 Å². The fraction of sp³-hybridized carbons (Fsp3) is 0.923. The lowest BCUT2D eigenvalue weighted by Crippen LogP contribution is -2.58. The molecule has 1 N–H and O–H groups in total. The standard InChI is InChI=1S/C13H24N4O2S/c1-3-15-13(10-14,12-4-5-12)11-16-6-8-17(9-7-16)20(2,18)19/h12,15H,3-9,11H2,1-2H3. The van der Waals surface area contributed by atoms with Gasteiger partial charge in [0, 0.05) is 32.7 Å².